The Kier molecular flexibility index (Phi) is 3.42. The number of hydrogen-bond donors (Lipinski definition) is 3. The van der Waals surface area contributed by atoms with Gasteiger partial charge in [-0.05, 0) is 12.1 Å². The van der Waals surface area contributed by atoms with Crippen LogP contribution in [-0.2, 0) is 6.54 Å². The lowest BCUT2D eigenvalue weighted by atomic mass is 10.2. The Morgan fingerprint density at radius 3 is 2.89 bits per heavy atom. The molecule has 0 spiro atoms. The van der Waals surface area contributed by atoms with Crippen LogP contribution < -0.4 is 10.2 Å². The minimum atomic E-state index is -0.800. The zero-order valence-electron chi connectivity index (χ0n) is 9.07. The van der Waals surface area contributed by atoms with Crippen LogP contribution in [0.1, 0.15) is 16.1 Å². The number of phenolic OH excluding ortho intramolecular Hbond substituents is 1. The topological polar surface area (TPSA) is 82.2 Å². The lowest BCUT2D eigenvalue weighted by Crippen LogP contribution is -2.24. The van der Waals surface area contributed by atoms with E-state index in [0.717, 1.165) is 17.4 Å². The number of halogens is 1. The number of phenols is 1. The van der Waals surface area contributed by atoms with E-state index >= 15 is 0 Å². The minimum absolute atomic E-state index is 0.109. The molecule has 1 aromatic heterocycles. The summed E-state index contributed by atoms with van der Waals surface area (Å²) >= 11 is 0.987. The lowest BCUT2D eigenvalue weighted by Gasteiger charge is -2.05. The van der Waals surface area contributed by atoms with Crippen molar-refractivity contribution in [1.82, 2.24) is 10.3 Å². The van der Waals surface area contributed by atoms with Crippen LogP contribution in [0.4, 0.5) is 4.39 Å². The molecule has 0 radical (unpaired) electrons. The molecule has 0 bridgehead atoms. The van der Waals surface area contributed by atoms with Crippen LogP contribution in [0.2, 0.25) is 0 Å². The number of aromatic nitrogens is 1. The fourth-order valence-electron chi connectivity index (χ4n) is 1.36. The second kappa shape index (κ2) is 5.01. The maximum Gasteiger partial charge on any atom is 0.304 e. The molecule has 18 heavy (non-hydrogen) atoms. The quantitative estimate of drug-likeness (QED) is 0.782. The van der Waals surface area contributed by atoms with Gasteiger partial charge in [-0.15, -0.1) is 0 Å². The van der Waals surface area contributed by atoms with E-state index in [4.69, 9.17) is 5.11 Å². The molecule has 0 aliphatic carbocycles. The molecule has 0 aliphatic heterocycles. The number of H-pyrrole nitrogens is 1. The summed E-state index contributed by atoms with van der Waals surface area (Å²) in [7, 11) is 0. The van der Waals surface area contributed by atoms with Crippen molar-refractivity contribution < 1.29 is 14.3 Å². The average Bonchev–Trinajstić information content (AvgIpc) is 2.72. The van der Waals surface area contributed by atoms with Gasteiger partial charge in [-0.2, -0.15) is 0 Å². The van der Waals surface area contributed by atoms with E-state index in [2.05, 4.69) is 10.3 Å². The van der Waals surface area contributed by atoms with E-state index in [1.54, 1.807) is 5.38 Å². The van der Waals surface area contributed by atoms with E-state index in [0.29, 0.717) is 5.69 Å². The van der Waals surface area contributed by atoms with E-state index in [-0.39, 0.29) is 22.7 Å². The third kappa shape index (κ3) is 2.75. The Morgan fingerprint density at radius 1 is 1.50 bits per heavy atom. The van der Waals surface area contributed by atoms with Crippen LogP contribution in [0.5, 0.6) is 5.75 Å². The van der Waals surface area contributed by atoms with Crippen LogP contribution in [0.15, 0.2) is 28.4 Å². The van der Waals surface area contributed by atoms with E-state index < -0.39 is 11.7 Å². The molecule has 0 aliphatic rings. The van der Waals surface area contributed by atoms with Crippen molar-refractivity contribution in [2.24, 2.45) is 0 Å². The van der Waals surface area contributed by atoms with E-state index in [1.165, 1.54) is 12.1 Å². The Morgan fingerprint density at radius 2 is 2.28 bits per heavy atom. The molecule has 2 aromatic rings. The first-order valence-corrected chi connectivity index (χ1v) is 5.87. The lowest BCUT2D eigenvalue weighted by molar-refractivity contribution is 0.0946. The van der Waals surface area contributed by atoms with Gasteiger partial charge >= 0.3 is 4.87 Å². The molecule has 0 saturated heterocycles. The van der Waals surface area contributed by atoms with Gasteiger partial charge in [0.25, 0.3) is 5.91 Å². The molecular weight excluding hydrogens is 259 g/mol. The molecule has 0 atom stereocenters. The summed E-state index contributed by atoms with van der Waals surface area (Å²) in [6.45, 7) is 0.109. The van der Waals surface area contributed by atoms with Crippen molar-refractivity contribution in [2.45, 2.75) is 6.54 Å². The van der Waals surface area contributed by atoms with E-state index in [9.17, 15) is 14.0 Å². The highest BCUT2D eigenvalue weighted by Gasteiger charge is 2.12. The van der Waals surface area contributed by atoms with Gasteiger partial charge in [-0.1, -0.05) is 11.3 Å². The summed E-state index contributed by atoms with van der Waals surface area (Å²) in [4.78, 5) is 24.8. The Labute approximate surface area is 105 Å². The number of benzene rings is 1. The van der Waals surface area contributed by atoms with Crippen molar-refractivity contribution in [1.29, 1.82) is 0 Å². The molecular formula is C11H9FN2O3S. The number of aromatic amines is 1. The summed E-state index contributed by atoms with van der Waals surface area (Å²) < 4.78 is 13.4. The summed E-state index contributed by atoms with van der Waals surface area (Å²) in [6.07, 6.45) is 0. The van der Waals surface area contributed by atoms with Gasteiger partial charge in [0.2, 0.25) is 0 Å². The largest absolute Gasteiger partial charge is 0.508 e. The third-order valence-electron chi connectivity index (χ3n) is 2.21. The number of hydrogen-bond acceptors (Lipinski definition) is 4. The predicted octanol–water partition coefficient (Wildman–Crippen LogP) is 1.21. The third-order valence-corrected chi connectivity index (χ3v) is 2.93. The summed E-state index contributed by atoms with van der Waals surface area (Å²) in [5, 5.41) is 13.1. The SMILES string of the molecule is O=C(NCc1csc(=O)[nH]1)c1ccc(O)cc1F. The predicted molar refractivity (Wildman–Crippen MR) is 64.2 cm³/mol. The van der Waals surface area contributed by atoms with Crippen molar-refractivity contribution in [2.75, 3.05) is 0 Å². The number of thiazole rings is 1. The fraction of sp³-hybridized carbons (Fsp3) is 0.0909. The Bertz CT molecular complexity index is 635. The fourth-order valence-corrected chi connectivity index (χ4v) is 1.94. The number of nitrogens with one attached hydrogen (secondary N) is 2. The van der Waals surface area contributed by atoms with Crippen LogP contribution in [0.25, 0.3) is 0 Å². The van der Waals surface area contributed by atoms with Crippen LogP contribution >= 0.6 is 11.3 Å². The van der Waals surface area contributed by atoms with Crippen molar-refractivity contribution in [3.8, 4) is 5.75 Å². The zero-order valence-corrected chi connectivity index (χ0v) is 9.88. The molecule has 0 saturated carbocycles. The second-order valence-corrected chi connectivity index (χ2v) is 4.36. The van der Waals surface area contributed by atoms with Gasteiger partial charge in [0.1, 0.15) is 11.6 Å². The average molecular weight is 268 g/mol. The molecule has 1 amide bonds. The normalized spacial score (nSPS) is 10.3. The first-order valence-electron chi connectivity index (χ1n) is 4.99. The number of carbonyl (C=O) groups is 1. The van der Waals surface area contributed by atoms with Crippen molar-refractivity contribution >= 4 is 17.2 Å². The summed E-state index contributed by atoms with van der Waals surface area (Å²) in [5.41, 5.74) is 0.392. The van der Waals surface area contributed by atoms with Crippen LogP contribution in [0.3, 0.4) is 0 Å². The standard InChI is InChI=1S/C11H9FN2O3S/c12-9-3-7(15)1-2-8(9)10(16)13-4-6-5-18-11(17)14-6/h1-3,5,15H,4H2,(H,13,16)(H,14,17). The van der Waals surface area contributed by atoms with Gasteiger partial charge < -0.3 is 15.4 Å². The maximum atomic E-state index is 13.4. The smallest absolute Gasteiger partial charge is 0.304 e. The summed E-state index contributed by atoms with van der Waals surface area (Å²) in [6, 6.07) is 3.28. The van der Waals surface area contributed by atoms with Crippen LogP contribution in [0, 0.1) is 5.82 Å². The first-order chi connectivity index (χ1) is 8.56. The highest BCUT2D eigenvalue weighted by Crippen LogP contribution is 2.14. The maximum absolute atomic E-state index is 13.4. The van der Waals surface area contributed by atoms with Gasteiger partial charge in [-0.3, -0.25) is 9.59 Å². The minimum Gasteiger partial charge on any atom is -0.508 e. The number of rotatable bonds is 3. The highest BCUT2D eigenvalue weighted by molar-refractivity contribution is 7.07. The van der Waals surface area contributed by atoms with Gasteiger partial charge in [0.15, 0.2) is 0 Å². The van der Waals surface area contributed by atoms with Gasteiger partial charge in [0, 0.05) is 17.1 Å². The molecule has 1 aromatic carbocycles. The zero-order chi connectivity index (χ0) is 13.1. The van der Waals surface area contributed by atoms with Crippen LogP contribution in [-0.4, -0.2) is 16.0 Å². The Balaban J connectivity index is 2.06. The monoisotopic (exact) mass is 268 g/mol. The number of aromatic hydroxyl groups is 1. The van der Waals surface area contributed by atoms with Crippen molar-refractivity contribution in [3.05, 3.63) is 50.3 Å². The first kappa shape index (κ1) is 12.3. The second-order valence-electron chi connectivity index (χ2n) is 3.52. The van der Waals surface area contributed by atoms with Gasteiger partial charge in [0.05, 0.1) is 12.1 Å². The van der Waals surface area contributed by atoms with E-state index in [1.807, 2.05) is 0 Å². The van der Waals surface area contributed by atoms with Gasteiger partial charge in [-0.25, -0.2) is 4.39 Å². The summed E-state index contributed by atoms with van der Waals surface area (Å²) in [5.74, 6) is -1.66. The van der Waals surface area contributed by atoms with Crippen molar-refractivity contribution in [3.63, 3.8) is 0 Å². The molecule has 1 heterocycles. The molecule has 2 rings (SSSR count). The highest BCUT2D eigenvalue weighted by atomic mass is 32.1. The Hall–Kier alpha value is -2.15. The molecule has 7 heteroatoms. The molecule has 3 N–H and O–H groups in total. The number of carbonyl (C=O) groups excluding carboxylic acids is 1. The molecule has 5 nitrogen and oxygen atoms in total. The molecule has 0 unspecified atom stereocenters. The number of amides is 1. The molecule has 0 fully saturated rings. The molecule has 94 valence electrons.